The number of aromatic nitrogens is 4. The molecule has 0 amide bonds. The highest BCUT2D eigenvalue weighted by molar-refractivity contribution is 7.99. The van der Waals surface area contributed by atoms with E-state index in [-0.39, 0.29) is 5.78 Å². The van der Waals surface area contributed by atoms with Crippen molar-refractivity contribution in [2.45, 2.75) is 46.7 Å². The van der Waals surface area contributed by atoms with Crippen LogP contribution < -0.4 is 0 Å². The van der Waals surface area contributed by atoms with Crippen molar-refractivity contribution in [3.63, 3.8) is 0 Å². The number of fused-ring (bicyclic) bond motifs is 1. The Morgan fingerprint density at radius 2 is 1.72 bits per heavy atom. The van der Waals surface area contributed by atoms with Crippen molar-refractivity contribution < 1.29 is 4.79 Å². The van der Waals surface area contributed by atoms with E-state index in [0.717, 1.165) is 28.1 Å². The fourth-order valence-corrected chi connectivity index (χ4v) is 4.07. The smallest absolute Gasteiger partial charge is 0.256 e. The Bertz CT molecular complexity index is 991. The summed E-state index contributed by atoms with van der Waals surface area (Å²) >= 11 is 1.41. The van der Waals surface area contributed by atoms with Crippen LogP contribution in [0.4, 0.5) is 0 Å². The van der Waals surface area contributed by atoms with Crippen molar-refractivity contribution >= 4 is 23.3 Å². The van der Waals surface area contributed by atoms with E-state index in [2.05, 4.69) is 35.1 Å². The lowest BCUT2D eigenvalue weighted by Gasteiger charge is -2.13. The molecule has 25 heavy (non-hydrogen) atoms. The van der Waals surface area contributed by atoms with Gasteiger partial charge in [-0.05, 0) is 69.9 Å². The van der Waals surface area contributed by atoms with Gasteiger partial charge in [0, 0.05) is 17.0 Å². The predicted octanol–water partition coefficient (Wildman–Crippen LogP) is 3.95. The molecule has 0 fully saturated rings. The van der Waals surface area contributed by atoms with Crippen LogP contribution in [-0.2, 0) is 0 Å². The first kappa shape index (κ1) is 17.6. The molecule has 0 unspecified atom stereocenters. The van der Waals surface area contributed by atoms with Gasteiger partial charge in [0.1, 0.15) is 0 Å². The first-order valence-corrected chi connectivity index (χ1v) is 9.21. The maximum atomic E-state index is 12.8. The molecule has 2 heterocycles. The van der Waals surface area contributed by atoms with Gasteiger partial charge >= 0.3 is 0 Å². The molecule has 130 valence electrons. The Morgan fingerprint density at radius 1 is 1.00 bits per heavy atom. The molecule has 0 spiro atoms. The first-order chi connectivity index (χ1) is 11.8. The molecule has 6 heteroatoms. The maximum Gasteiger partial charge on any atom is 0.256 e. The minimum atomic E-state index is 0.123. The van der Waals surface area contributed by atoms with Gasteiger partial charge in [-0.25, -0.2) is 4.98 Å². The van der Waals surface area contributed by atoms with Crippen LogP contribution in [0.25, 0.3) is 5.78 Å². The molecule has 0 aliphatic rings. The van der Waals surface area contributed by atoms with Gasteiger partial charge in [0.2, 0.25) is 0 Å². The summed E-state index contributed by atoms with van der Waals surface area (Å²) in [5.74, 6) is 1.03. The molecule has 1 aromatic carbocycles. The van der Waals surface area contributed by atoms with Crippen LogP contribution in [-0.4, -0.2) is 31.1 Å². The number of Topliss-reactive ketones (excluding diaryl/α,β-unsaturated/α-hetero) is 1. The number of hydrogen-bond donors (Lipinski definition) is 0. The van der Waals surface area contributed by atoms with E-state index in [1.807, 2.05) is 38.2 Å². The van der Waals surface area contributed by atoms with Gasteiger partial charge in [0.25, 0.3) is 5.78 Å². The summed E-state index contributed by atoms with van der Waals surface area (Å²) in [5, 5.41) is 9.02. The molecule has 5 nitrogen and oxygen atoms in total. The van der Waals surface area contributed by atoms with Crippen molar-refractivity contribution in [2.75, 3.05) is 5.75 Å². The standard InChI is InChI=1S/C19H22N4OS/c1-10-7-11(2)17(15(6)14(10)5)16(24)9-25-19-22-21-18-20-12(3)8-13(4)23(18)19/h7-8H,9H2,1-6H3. The number of aryl methyl sites for hydroxylation is 4. The van der Waals surface area contributed by atoms with Crippen molar-refractivity contribution in [1.82, 2.24) is 19.6 Å². The van der Waals surface area contributed by atoms with Crippen LogP contribution in [0.3, 0.4) is 0 Å². The summed E-state index contributed by atoms with van der Waals surface area (Å²) in [5.41, 5.74) is 7.26. The molecule has 0 atom stereocenters. The maximum absolute atomic E-state index is 12.8. The van der Waals surface area contributed by atoms with E-state index in [9.17, 15) is 4.79 Å². The zero-order valence-corrected chi connectivity index (χ0v) is 16.3. The molecular weight excluding hydrogens is 332 g/mol. The van der Waals surface area contributed by atoms with Crippen LogP contribution >= 0.6 is 11.8 Å². The highest BCUT2D eigenvalue weighted by Crippen LogP contribution is 2.25. The third-order valence-electron chi connectivity index (χ3n) is 4.63. The van der Waals surface area contributed by atoms with E-state index in [1.165, 1.54) is 22.9 Å². The average Bonchev–Trinajstić information content (AvgIpc) is 2.94. The highest BCUT2D eigenvalue weighted by atomic mass is 32.2. The van der Waals surface area contributed by atoms with Gasteiger partial charge in [-0.2, -0.15) is 0 Å². The van der Waals surface area contributed by atoms with Crippen LogP contribution in [0.2, 0.25) is 0 Å². The Morgan fingerprint density at radius 3 is 2.44 bits per heavy atom. The molecule has 3 aromatic rings. The second kappa shape index (κ2) is 6.59. The third kappa shape index (κ3) is 3.18. The van der Waals surface area contributed by atoms with Crippen LogP contribution in [0.1, 0.15) is 44.0 Å². The zero-order valence-electron chi connectivity index (χ0n) is 15.5. The molecule has 0 aliphatic carbocycles. The van der Waals surface area contributed by atoms with Gasteiger partial charge in [-0.1, -0.05) is 17.8 Å². The highest BCUT2D eigenvalue weighted by Gasteiger charge is 2.18. The topological polar surface area (TPSA) is 60.2 Å². The molecular formula is C19H22N4OS. The molecule has 0 saturated heterocycles. The quantitative estimate of drug-likeness (QED) is 0.524. The number of rotatable bonds is 4. The Labute approximate surface area is 151 Å². The summed E-state index contributed by atoms with van der Waals surface area (Å²) in [4.78, 5) is 17.2. The molecule has 0 N–H and O–H groups in total. The number of carbonyl (C=O) groups excluding carboxylic acids is 1. The zero-order chi connectivity index (χ0) is 18.3. The Hall–Kier alpha value is -2.21. The van der Waals surface area contributed by atoms with Crippen molar-refractivity contribution in [1.29, 1.82) is 0 Å². The molecule has 0 bridgehead atoms. The molecule has 0 saturated carbocycles. The molecule has 3 rings (SSSR count). The van der Waals surface area contributed by atoms with Crippen molar-refractivity contribution in [3.05, 3.63) is 51.3 Å². The second-order valence-corrected chi connectivity index (χ2v) is 7.45. The SMILES string of the molecule is Cc1cc(C)n2c(SCC(=O)c3c(C)cc(C)c(C)c3C)nnc2n1. The van der Waals surface area contributed by atoms with Crippen molar-refractivity contribution in [3.8, 4) is 0 Å². The number of carbonyl (C=O) groups is 1. The Kier molecular flexibility index (Phi) is 4.64. The van der Waals surface area contributed by atoms with Crippen LogP contribution in [0.5, 0.6) is 0 Å². The summed E-state index contributed by atoms with van der Waals surface area (Å²) in [6.45, 7) is 12.1. The van der Waals surface area contributed by atoms with E-state index >= 15 is 0 Å². The van der Waals surface area contributed by atoms with Gasteiger partial charge in [-0.15, -0.1) is 10.2 Å². The third-order valence-corrected chi connectivity index (χ3v) is 5.56. The van der Waals surface area contributed by atoms with Gasteiger partial charge < -0.3 is 0 Å². The van der Waals surface area contributed by atoms with Crippen LogP contribution in [0.15, 0.2) is 17.3 Å². The molecule has 0 aliphatic heterocycles. The van der Waals surface area contributed by atoms with Crippen LogP contribution in [0, 0.1) is 41.5 Å². The normalized spacial score (nSPS) is 11.3. The lowest BCUT2D eigenvalue weighted by atomic mass is 9.92. The van der Waals surface area contributed by atoms with Gasteiger partial charge in [0.15, 0.2) is 10.9 Å². The number of thioether (sulfide) groups is 1. The molecule has 0 radical (unpaired) electrons. The minimum absolute atomic E-state index is 0.123. The number of hydrogen-bond acceptors (Lipinski definition) is 5. The van der Waals surface area contributed by atoms with E-state index in [0.29, 0.717) is 16.7 Å². The van der Waals surface area contributed by atoms with Crippen molar-refractivity contribution in [2.24, 2.45) is 0 Å². The fourth-order valence-electron chi connectivity index (χ4n) is 3.21. The molecule has 2 aromatic heterocycles. The lowest BCUT2D eigenvalue weighted by molar-refractivity contribution is 0.102. The van der Waals surface area contributed by atoms with E-state index in [4.69, 9.17) is 0 Å². The van der Waals surface area contributed by atoms with E-state index < -0.39 is 0 Å². The first-order valence-electron chi connectivity index (χ1n) is 8.22. The number of ketones is 1. The lowest BCUT2D eigenvalue weighted by Crippen LogP contribution is -2.10. The minimum Gasteiger partial charge on any atom is -0.293 e. The summed E-state index contributed by atoms with van der Waals surface area (Å²) in [6, 6.07) is 4.07. The second-order valence-electron chi connectivity index (χ2n) is 6.50. The number of benzene rings is 1. The van der Waals surface area contributed by atoms with E-state index in [1.54, 1.807) is 0 Å². The summed E-state index contributed by atoms with van der Waals surface area (Å²) in [7, 11) is 0. The average molecular weight is 354 g/mol. The van der Waals surface area contributed by atoms with Gasteiger partial charge in [0.05, 0.1) is 5.75 Å². The van der Waals surface area contributed by atoms with Gasteiger partial charge in [-0.3, -0.25) is 9.20 Å². The summed E-state index contributed by atoms with van der Waals surface area (Å²) in [6.07, 6.45) is 0. The largest absolute Gasteiger partial charge is 0.293 e. The Balaban J connectivity index is 1.88. The summed E-state index contributed by atoms with van der Waals surface area (Å²) < 4.78 is 1.89. The number of nitrogens with zero attached hydrogens (tertiary/aromatic N) is 4. The monoisotopic (exact) mass is 354 g/mol. The fraction of sp³-hybridized carbons (Fsp3) is 0.368. The predicted molar refractivity (Wildman–Crippen MR) is 101 cm³/mol.